The van der Waals surface area contributed by atoms with Crippen molar-refractivity contribution in [3.05, 3.63) is 85.1 Å². The van der Waals surface area contributed by atoms with Crippen molar-refractivity contribution in [1.29, 1.82) is 0 Å². The Bertz CT molecular complexity index is 1190. The molecule has 6 nitrogen and oxygen atoms in total. The van der Waals surface area contributed by atoms with Crippen molar-refractivity contribution in [2.75, 3.05) is 13.2 Å². The van der Waals surface area contributed by atoms with Gasteiger partial charge >= 0.3 is 17.9 Å². The molecule has 60 heavy (non-hydrogen) atoms. The first kappa shape index (κ1) is 56.6. The highest BCUT2D eigenvalue weighted by Gasteiger charge is 2.19. The van der Waals surface area contributed by atoms with Crippen molar-refractivity contribution < 1.29 is 28.6 Å². The molecule has 342 valence electrons. The van der Waals surface area contributed by atoms with E-state index in [1.54, 1.807) is 0 Å². The second-order valence-electron chi connectivity index (χ2n) is 16.1. The van der Waals surface area contributed by atoms with E-state index in [1.165, 1.54) is 70.6 Å². The zero-order chi connectivity index (χ0) is 43.7. The Morgan fingerprint density at radius 2 is 0.650 bits per heavy atom. The van der Waals surface area contributed by atoms with E-state index >= 15 is 0 Å². The van der Waals surface area contributed by atoms with Crippen molar-refractivity contribution in [3.8, 4) is 0 Å². The standard InChI is InChI=1S/C54H90O6/c1-4-7-10-13-16-19-21-23-25-26-27-29-30-32-35-38-41-44-47-53(56)59-50-51(49-58-52(55)46-43-40-37-34-18-15-12-9-6-3)60-54(57)48-45-42-39-36-33-31-28-24-22-20-17-14-11-8-5-2/h8,11,14,17,20-29,51H,4-7,9-10,12-13,15-16,18-19,30-50H2,1-3H3/b11-8-,17-14-,22-20-,23-21-,26-25-,28-24-,29-27-. The second kappa shape index (κ2) is 48.3. The van der Waals surface area contributed by atoms with Crippen LogP contribution in [0.15, 0.2) is 85.1 Å². The van der Waals surface area contributed by atoms with E-state index in [2.05, 4.69) is 81.5 Å². The van der Waals surface area contributed by atoms with Crippen LogP contribution in [0.1, 0.15) is 220 Å². The van der Waals surface area contributed by atoms with E-state index in [0.29, 0.717) is 19.3 Å². The van der Waals surface area contributed by atoms with Crippen LogP contribution in [0.3, 0.4) is 0 Å². The molecule has 1 atom stereocenters. The van der Waals surface area contributed by atoms with Crippen molar-refractivity contribution in [3.63, 3.8) is 0 Å². The van der Waals surface area contributed by atoms with Gasteiger partial charge in [0, 0.05) is 19.3 Å². The monoisotopic (exact) mass is 835 g/mol. The summed E-state index contributed by atoms with van der Waals surface area (Å²) in [4.78, 5) is 37.8. The first-order chi connectivity index (χ1) is 29.5. The predicted octanol–water partition coefficient (Wildman–Crippen LogP) is 16.0. The molecule has 0 saturated heterocycles. The minimum atomic E-state index is -0.795. The molecule has 0 saturated carbocycles. The van der Waals surface area contributed by atoms with Gasteiger partial charge in [-0.05, 0) is 64.2 Å². The third kappa shape index (κ3) is 45.7. The minimum absolute atomic E-state index is 0.0929. The minimum Gasteiger partial charge on any atom is -0.462 e. The second-order valence-corrected chi connectivity index (χ2v) is 16.1. The smallest absolute Gasteiger partial charge is 0.306 e. The van der Waals surface area contributed by atoms with Crippen LogP contribution in [0.5, 0.6) is 0 Å². The highest BCUT2D eigenvalue weighted by Crippen LogP contribution is 2.13. The molecule has 0 fully saturated rings. The van der Waals surface area contributed by atoms with E-state index in [0.717, 1.165) is 109 Å². The summed E-state index contributed by atoms with van der Waals surface area (Å²) in [7, 11) is 0. The van der Waals surface area contributed by atoms with Gasteiger partial charge in [0.25, 0.3) is 0 Å². The molecule has 0 N–H and O–H groups in total. The van der Waals surface area contributed by atoms with E-state index in [4.69, 9.17) is 14.2 Å². The summed E-state index contributed by atoms with van der Waals surface area (Å²) in [6.45, 7) is 6.41. The lowest BCUT2D eigenvalue weighted by atomic mass is 10.1. The van der Waals surface area contributed by atoms with Crippen LogP contribution in [-0.2, 0) is 28.6 Å². The number of carbonyl (C=O) groups excluding carboxylic acids is 3. The van der Waals surface area contributed by atoms with Gasteiger partial charge in [-0.25, -0.2) is 0 Å². The van der Waals surface area contributed by atoms with Gasteiger partial charge in [0.05, 0.1) is 0 Å². The van der Waals surface area contributed by atoms with E-state index in [1.807, 2.05) is 24.3 Å². The van der Waals surface area contributed by atoms with Crippen molar-refractivity contribution in [2.45, 2.75) is 226 Å². The van der Waals surface area contributed by atoms with Gasteiger partial charge in [0.15, 0.2) is 6.10 Å². The highest BCUT2D eigenvalue weighted by molar-refractivity contribution is 5.71. The SMILES string of the molecule is CC\C=C/C=C\C=C/C=C\CCCCCCCC(=O)OC(COC(=O)CCCCCCC\C=C/C=C\C=C/CCCCCCC)COC(=O)CCCCCCCCCCC. The molecular formula is C54H90O6. The maximum absolute atomic E-state index is 12.7. The maximum atomic E-state index is 12.7. The highest BCUT2D eigenvalue weighted by atomic mass is 16.6. The third-order valence-corrected chi connectivity index (χ3v) is 10.3. The van der Waals surface area contributed by atoms with Gasteiger partial charge in [0.2, 0.25) is 0 Å². The summed E-state index contributed by atoms with van der Waals surface area (Å²) in [5, 5.41) is 0. The molecule has 0 rings (SSSR count). The number of carbonyl (C=O) groups is 3. The largest absolute Gasteiger partial charge is 0.462 e. The Labute approximate surface area is 369 Å². The fourth-order valence-electron chi connectivity index (χ4n) is 6.57. The number of unbranched alkanes of at least 4 members (excludes halogenated alkanes) is 23. The molecule has 0 heterocycles. The number of allylic oxidation sites excluding steroid dienone is 14. The molecule has 0 spiro atoms. The topological polar surface area (TPSA) is 78.9 Å². The molecule has 0 bridgehead atoms. The number of rotatable bonds is 43. The Morgan fingerprint density at radius 1 is 0.350 bits per heavy atom. The van der Waals surface area contributed by atoms with Gasteiger partial charge in [-0.15, -0.1) is 0 Å². The molecule has 0 aromatic carbocycles. The number of esters is 3. The molecule has 0 aliphatic heterocycles. The molecule has 0 radical (unpaired) electrons. The van der Waals surface area contributed by atoms with Crippen LogP contribution < -0.4 is 0 Å². The van der Waals surface area contributed by atoms with E-state index < -0.39 is 6.10 Å². The van der Waals surface area contributed by atoms with E-state index in [-0.39, 0.29) is 31.1 Å². The summed E-state index contributed by atoms with van der Waals surface area (Å²) < 4.78 is 16.7. The first-order valence-electron chi connectivity index (χ1n) is 24.7. The van der Waals surface area contributed by atoms with Crippen LogP contribution in [0.4, 0.5) is 0 Å². The predicted molar refractivity (Wildman–Crippen MR) is 256 cm³/mol. The number of hydrogen-bond acceptors (Lipinski definition) is 6. The lowest BCUT2D eigenvalue weighted by Gasteiger charge is -2.18. The zero-order valence-corrected chi connectivity index (χ0v) is 38.9. The fourth-order valence-corrected chi connectivity index (χ4v) is 6.57. The Balaban J connectivity index is 4.43. The van der Waals surface area contributed by atoms with Crippen LogP contribution in [0.2, 0.25) is 0 Å². The molecule has 0 aromatic rings. The molecule has 1 unspecified atom stereocenters. The third-order valence-electron chi connectivity index (χ3n) is 10.3. The normalized spacial score (nSPS) is 12.8. The maximum Gasteiger partial charge on any atom is 0.306 e. The Hall–Kier alpha value is -3.41. The van der Waals surface area contributed by atoms with Gasteiger partial charge in [-0.1, -0.05) is 221 Å². The summed E-state index contributed by atoms with van der Waals surface area (Å²) in [6.07, 6.45) is 61.3. The lowest BCUT2D eigenvalue weighted by molar-refractivity contribution is -0.167. The molecule has 0 aliphatic carbocycles. The molecule has 0 aromatic heterocycles. The van der Waals surface area contributed by atoms with Crippen LogP contribution >= 0.6 is 0 Å². The van der Waals surface area contributed by atoms with Crippen LogP contribution in [0.25, 0.3) is 0 Å². The van der Waals surface area contributed by atoms with Crippen LogP contribution in [0, 0.1) is 0 Å². The average molecular weight is 835 g/mol. The molecular weight excluding hydrogens is 745 g/mol. The van der Waals surface area contributed by atoms with Crippen LogP contribution in [-0.4, -0.2) is 37.2 Å². The Kier molecular flexibility index (Phi) is 45.5. The van der Waals surface area contributed by atoms with Crippen molar-refractivity contribution in [2.24, 2.45) is 0 Å². The summed E-state index contributed by atoms with van der Waals surface area (Å²) in [5.74, 6) is -0.943. The van der Waals surface area contributed by atoms with Gasteiger partial charge in [-0.3, -0.25) is 14.4 Å². The molecule has 6 heteroatoms. The summed E-state index contributed by atoms with van der Waals surface area (Å²) in [6, 6.07) is 0. The Morgan fingerprint density at radius 3 is 1.02 bits per heavy atom. The summed E-state index contributed by atoms with van der Waals surface area (Å²) >= 11 is 0. The van der Waals surface area contributed by atoms with Gasteiger partial charge < -0.3 is 14.2 Å². The number of hydrogen-bond donors (Lipinski definition) is 0. The zero-order valence-electron chi connectivity index (χ0n) is 38.9. The van der Waals surface area contributed by atoms with Crippen molar-refractivity contribution in [1.82, 2.24) is 0 Å². The lowest BCUT2D eigenvalue weighted by Crippen LogP contribution is -2.30. The quantitative estimate of drug-likeness (QED) is 0.0263. The fraction of sp³-hybridized carbons (Fsp3) is 0.685. The first-order valence-corrected chi connectivity index (χ1v) is 24.7. The average Bonchev–Trinajstić information content (AvgIpc) is 3.24. The molecule has 0 amide bonds. The van der Waals surface area contributed by atoms with Gasteiger partial charge in [0.1, 0.15) is 13.2 Å². The van der Waals surface area contributed by atoms with Gasteiger partial charge in [-0.2, -0.15) is 0 Å². The van der Waals surface area contributed by atoms with E-state index in [9.17, 15) is 14.4 Å². The molecule has 0 aliphatic rings. The summed E-state index contributed by atoms with van der Waals surface area (Å²) in [5.41, 5.74) is 0. The number of ether oxygens (including phenoxy) is 3. The van der Waals surface area contributed by atoms with Crippen molar-refractivity contribution >= 4 is 17.9 Å².